The lowest BCUT2D eigenvalue weighted by Crippen LogP contribution is -2.29. The summed E-state index contributed by atoms with van der Waals surface area (Å²) in [5.74, 6) is -0.183. The third kappa shape index (κ3) is 3.73. The zero-order valence-electron chi connectivity index (χ0n) is 12.9. The van der Waals surface area contributed by atoms with Crippen molar-refractivity contribution in [2.24, 2.45) is 0 Å². The second kappa shape index (κ2) is 6.74. The molecule has 6 nitrogen and oxygen atoms in total. The van der Waals surface area contributed by atoms with Crippen LogP contribution in [0.2, 0.25) is 0 Å². The van der Waals surface area contributed by atoms with Crippen molar-refractivity contribution in [3.63, 3.8) is 0 Å². The minimum absolute atomic E-state index is 0.0591. The predicted molar refractivity (Wildman–Crippen MR) is 86.3 cm³/mol. The first-order chi connectivity index (χ1) is 10.4. The highest BCUT2D eigenvalue weighted by Crippen LogP contribution is 2.04. The summed E-state index contributed by atoms with van der Waals surface area (Å²) in [5.41, 5.74) is 2.88. The van der Waals surface area contributed by atoms with E-state index < -0.39 is 0 Å². The number of pyridine rings is 1. The number of aromatic nitrogens is 2. The van der Waals surface area contributed by atoms with Crippen LogP contribution in [0.25, 0.3) is 0 Å². The minimum Gasteiger partial charge on any atom is -0.352 e. The van der Waals surface area contributed by atoms with Crippen LogP contribution in [0.1, 0.15) is 28.9 Å². The molecule has 2 aromatic rings. The van der Waals surface area contributed by atoms with Crippen LogP contribution in [0.15, 0.2) is 21.0 Å². The smallest absolute Gasteiger partial charge is 0.307 e. The summed E-state index contributed by atoms with van der Waals surface area (Å²) in [6.45, 7) is 6.04. The molecule has 0 atom stereocenters. The second-order valence-corrected chi connectivity index (χ2v) is 6.09. The van der Waals surface area contributed by atoms with Gasteiger partial charge in [0.1, 0.15) is 0 Å². The molecule has 0 radical (unpaired) electrons. The van der Waals surface area contributed by atoms with Gasteiger partial charge in [0.25, 0.3) is 5.56 Å². The molecule has 0 unspecified atom stereocenters. The van der Waals surface area contributed by atoms with Gasteiger partial charge in [-0.1, -0.05) is 11.3 Å². The highest BCUT2D eigenvalue weighted by atomic mass is 32.1. The fourth-order valence-electron chi connectivity index (χ4n) is 2.26. The van der Waals surface area contributed by atoms with E-state index in [0.29, 0.717) is 12.1 Å². The SMILES string of the molecule is Cc1cc(C)c(CNC(=O)CCn2c(C)csc2=O)c(=O)[nH]1. The van der Waals surface area contributed by atoms with Gasteiger partial charge in [-0.05, 0) is 32.4 Å². The van der Waals surface area contributed by atoms with Crippen LogP contribution in [0.4, 0.5) is 0 Å². The molecule has 2 N–H and O–H groups in total. The first kappa shape index (κ1) is 16.2. The van der Waals surface area contributed by atoms with Gasteiger partial charge in [-0.25, -0.2) is 0 Å². The normalized spacial score (nSPS) is 10.7. The molecule has 2 heterocycles. The van der Waals surface area contributed by atoms with Gasteiger partial charge in [0.2, 0.25) is 5.91 Å². The summed E-state index contributed by atoms with van der Waals surface area (Å²) in [6.07, 6.45) is 0.209. The molecule has 1 amide bonds. The van der Waals surface area contributed by atoms with Gasteiger partial charge >= 0.3 is 4.87 Å². The van der Waals surface area contributed by atoms with Crippen molar-refractivity contribution < 1.29 is 4.79 Å². The van der Waals surface area contributed by atoms with Crippen molar-refractivity contribution in [1.82, 2.24) is 14.9 Å². The first-order valence-electron chi connectivity index (χ1n) is 6.99. The molecule has 118 valence electrons. The summed E-state index contributed by atoms with van der Waals surface area (Å²) in [5, 5.41) is 4.50. The second-order valence-electron chi connectivity index (χ2n) is 5.26. The van der Waals surface area contributed by atoms with Gasteiger partial charge in [-0.3, -0.25) is 14.4 Å². The van der Waals surface area contributed by atoms with E-state index >= 15 is 0 Å². The van der Waals surface area contributed by atoms with Crippen LogP contribution in [-0.4, -0.2) is 15.5 Å². The lowest BCUT2D eigenvalue weighted by molar-refractivity contribution is -0.121. The number of hydrogen-bond donors (Lipinski definition) is 2. The molecule has 0 fully saturated rings. The van der Waals surface area contributed by atoms with Crippen molar-refractivity contribution in [3.8, 4) is 0 Å². The number of aromatic amines is 1. The maximum atomic E-state index is 11.9. The monoisotopic (exact) mass is 321 g/mol. The number of hydrogen-bond acceptors (Lipinski definition) is 4. The Hall–Kier alpha value is -2.15. The molecule has 0 aromatic carbocycles. The minimum atomic E-state index is -0.183. The molecule has 0 aliphatic carbocycles. The molecule has 7 heteroatoms. The van der Waals surface area contributed by atoms with Gasteiger partial charge in [0.05, 0.1) is 0 Å². The summed E-state index contributed by atoms with van der Waals surface area (Å²) in [7, 11) is 0. The van der Waals surface area contributed by atoms with E-state index in [-0.39, 0.29) is 29.3 Å². The Morgan fingerprint density at radius 2 is 2.05 bits per heavy atom. The third-order valence-electron chi connectivity index (χ3n) is 3.50. The molecule has 0 bridgehead atoms. The average Bonchev–Trinajstić information content (AvgIpc) is 2.74. The van der Waals surface area contributed by atoms with Crippen LogP contribution < -0.4 is 15.7 Å². The number of amides is 1. The Balaban J connectivity index is 1.94. The maximum Gasteiger partial charge on any atom is 0.307 e. The Kier molecular flexibility index (Phi) is 4.97. The Labute approximate surface area is 131 Å². The number of carbonyl (C=O) groups is 1. The van der Waals surface area contributed by atoms with E-state index in [1.807, 2.05) is 26.8 Å². The van der Waals surface area contributed by atoms with Gasteiger partial charge in [0.15, 0.2) is 0 Å². The van der Waals surface area contributed by atoms with E-state index in [1.54, 1.807) is 9.95 Å². The fraction of sp³-hybridized carbons (Fsp3) is 0.400. The van der Waals surface area contributed by atoms with Crippen molar-refractivity contribution in [1.29, 1.82) is 0 Å². The van der Waals surface area contributed by atoms with Gasteiger partial charge in [-0.2, -0.15) is 0 Å². The van der Waals surface area contributed by atoms with Crippen LogP contribution in [-0.2, 0) is 17.9 Å². The van der Waals surface area contributed by atoms with Crippen molar-refractivity contribution in [2.45, 2.75) is 40.3 Å². The van der Waals surface area contributed by atoms with Gasteiger partial charge in [-0.15, -0.1) is 0 Å². The molecule has 2 aromatic heterocycles. The average molecular weight is 321 g/mol. The number of nitrogens with one attached hydrogen (secondary N) is 2. The first-order valence-corrected chi connectivity index (χ1v) is 7.87. The van der Waals surface area contributed by atoms with E-state index in [0.717, 1.165) is 28.3 Å². The van der Waals surface area contributed by atoms with E-state index in [1.165, 1.54) is 0 Å². The number of H-pyrrole nitrogens is 1. The molecular weight excluding hydrogens is 302 g/mol. The van der Waals surface area contributed by atoms with E-state index in [2.05, 4.69) is 10.3 Å². The van der Waals surface area contributed by atoms with Gasteiger partial charge < -0.3 is 14.9 Å². The Bertz CT molecular complexity index is 801. The summed E-state index contributed by atoms with van der Waals surface area (Å²) >= 11 is 1.13. The zero-order chi connectivity index (χ0) is 16.3. The van der Waals surface area contributed by atoms with Crippen LogP contribution in [0, 0.1) is 20.8 Å². The standard InChI is InChI=1S/C15H19N3O3S/c1-9-6-10(2)17-14(20)12(9)7-16-13(19)4-5-18-11(3)8-22-15(18)21/h6,8H,4-5,7H2,1-3H3,(H,16,19)(H,17,20). The van der Waals surface area contributed by atoms with Crippen LogP contribution >= 0.6 is 11.3 Å². The quantitative estimate of drug-likeness (QED) is 0.869. The molecule has 2 rings (SSSR count). The molecule has 22 heavy (non-hydrogen) atoms. The zero-order valence-corrected chi connectivity index (χ0v) is 13.7. The topological polar surface area (TPSA) is 84.0 Å². The predicted octanol–water partition coefficient (Wildman–Crippen LogP) is 1.23. The summed E-state index contributed by atoms with van der Waals surface area (Å²) in [4.78, 5) is 38.0. The lowest BCUT2D eigenvalue weighted by atomic mass is 10.1. The number of thiazole rings is 1. The summed E-state index contributed by atoms with van der Waals surface area (Å²) in [6, 6.07) is 1.87. The van der Waals surface area contributed by atoms with Crippen molar-refractivity contribution in [2.75, 3.05) is 0 Å². The van der Waals surface area contributed by atoms with Crippen molar-refractivity contribution in [3.05, 3.63) is 54.0 Å². The number of carbonyl (C=O) groups excluding carboxylic acids is 1. The van der Waals surface area contributed by atoms with Crippen LogP contribution in [0.5, 0.6) is 0 Å². The maximum absolute atomic E-state index is 11.9. The van der Waals surface area contributed by atoms with Crippen molar-refractivity contribution >= 4 is 17.2 Å². The fourth-order valence-corrected chi connectivity index (χ4v) is 3.03. The molecule has 0 saturated heterocycles. The molecule has 0 spiro atoms. The molecule has 0 aliphatic heterocycles. The Morgan fingerprint density at radius 1 is 1.32 bits per heavy atom. The van der Waals surface area contributed by atoms with Crippen LogP contribution in [0.3, 0.4) is 0 Å². The number of rotatable bonds is 5. The van der Waals surface area contributed by atoms with E-state index in [9.17, 15) is 14.4 Å². The highest BCUT2D eigenvalue weighted by Gasteiger charge is 2.09. The highest BCUT2D eigenvalue weighted by molar-refractivity contribution is 7.07. The third-order valence-corrected chi connectivity index (χ3v) is 4.38. The number of aryl methyl sites for hydroxylation is 3. The largest absolute Gasteiger partial charge is 0.352 e. The number of nitrogens with zero attached hydrogens (tertiary/aromatic N) is 1. The lowest BCUT2D eigenvalue weighted by Gasteiger charge is -2.09. The summed E-state index contributed by atoms with van der Waals surface area (Å²) < 4.78 is 1.58. The molecular formula is C15H19N3O3S. The molecule has 0 saturated carbocycles. The Morgan fingerprint density at radius 3 is 2.64 bits per heavy atom. The van der Waals surface area contributed by atoms with E-state index in [4.69, 9.17) is 0 Å². The van der Waals surface area contributed by atoms with Gasteiger partial charge in [0, 0.05) is 41.8 Å². The molecule has 0 aliphatic rings.